The van der Waals surface area contributed by atoms with E-state index in [0.29, 0.717) is 5.82 Å². The maximum Gasteiger partial charge on any atom is 0.160 e. The zero-order valence-corrected chi connectivity index (χ0v) is 21.5. The molecule has 2 aromatic heterocycles. The monoisotopic (exact) mass is 507 g/mol. The first kappa shape index (κ1) is 21.5. The molecular formula is C37H21N3. The quantitative estimate of drug-likeness (QED) is 0.219. The number of fused-ring (bicyclic) bond motifs is 2. The zero-order valence-electron chi connectivity index (χ0n) is 21.5. The third-order valence-corrected chi connectivity index (χ3v) is 8.33. The topological polar surface area (TPSA) is 38.7 Å². The van der Waals surface area contributed by atoms with E-state index in [1.165, 1.54) is 64.6 Å². The summed E-state index contributed by atoms with van der Waals surface area (Å²) >= 11 is 0. The molecule has 3 nitrogen and oxygen atoms in total. The molecular weight excluding hydrogens is 486 g/mol. The van der Waals surface area contributed by atoms with Gasteiger partial charge < -0.3 is 0 Å². The van der Waals surface area contributed by atoms with Gasteiger partial charge in [0.15, 0.2) is 5.82 Å². The Bertz CT molecular complexity index is 2400. The molecule has 0 saturated carbocycles. The zero-order chi connectivity index (χ0) is 26.2. The number of rotatable bonds is 2. The van der Waals surface area contributed by atoms with Crippen molar-refractivity contribution in [3.05, 3.63) is 128 Å². The Morgan fingerprint density at radius 2 is 0.925 bits per heavy atom. The van der Waals surface area contributed by atoms with Crippen LogP contribution in [0.4, 0.5) is 0 Å². The fourth-order valence-electron chi connectivity index (χ4n) is 6.57. The first-order valence-corrected chi connectivity index (χ1v) is 13.5. The van der Waals surface area contributed by atoms with Crippen LogP contribution in [0.25, 0.3) is 87.1 Å². The second kappa shape index (κ2) is 8.05. The standard InChI is InChI=1S/C37H21N3/c1-5-22-12-13-23-7-3-11-31-32-18-27(28-20-39-37(40-21-28)26-8-4-16-38-19-26)17-25-15-14-24-6-2-10-30(34(24)36(25)32)29(9-1)33(22)35(23)31/h1-21H. The summed E-state index contributed by atoms with van der Waals surface area (Å²) in [4.78, 5) is 13.6. The highest BCUT2D eigenvalue weighted by Crippen LogP contribution is 2.44. The van der Waals surface area contributed by atoms with Gasteiger partial charge in [-0.25, -0.2) is 9.97 Å². The number of pyridine rings is 1. The summed E-state index contributed by atoms with van der Waals surface area (Å²) in [6.45, 7) is 0. The van der Waals surface area contributed by atoms with Crippen LogP contribution in [0.3, 0.4) is 0 Å². The van der Waals surface area contributed by atoms with Crippen molar-refractivity contribution in [1.29, 1.82) is 0 Å². The molecule has 9 aromatic rings. The fourth-order valence-corrected chi connectivity index (χ4v) is 6.57. The van der Waals surface area contributed by atoms with Crippen molar-refractivity contribution in [2.24, 2.45) is 0 Å². The van der Waals surface area contributed by atoms with Crippen LogP contribution in [0.15, 0.2) is 128 Å². The van der Waals surface area contributed by atoms with E-state index in [-0.39, 0.29) is 0 Å². The maximum atomic E-state index is 4.70. The molecule has 0 bridgehead atoms. The minimum Gasteiger partial charge on any atom is -0.264 e. The van der Waals surface area contributed by atoms with Gasteiger partial charge in [0.05, 0.1) is 0 Å². The predicted molar refractivity (Wildman–Crippen MR) is 167 cm³/mol. The Balaban J connectivity index is 1.46. The van der Waals surface area contributed by atoms with Crippen molar-refractivity contribution in [3.63, 3.8) is 0 Å². The number of benzene rings is 6. The fraction of sp³-hybridized carbons (Fsp3) is 0. The van der Waals surface area contributed by atoms with Crippen molar-refractivity contribution >= 4 is 64.6 Å². The summed E-state index contributed by atoms with van der Waals surface area (Å²) in [5, 5.41) is 15.3. The predicted octanol–water partition coefficient (Wildman–Crippen LogP) is 9.56. The highest BCUT2D eigenvalue weighted by atomic mass is 14.9. The molecule has 7 aromatic carbocycles. The van der Waals surface area contributed by atoms with E-state index in [0.717, 1.165) is 16.7 Å². The van der Waals surface area contributed by atoms with Crippen LogP contribution in [0.2, 0.25) is 0 Å². The summed E-state index contributed by atoms with van der Waals surface area (Å²) < 4.78 is 0. The summed E-state index contributed by atoms with van der Waals surface area (Å²) in [6.07, 6.45) is 7.41. The van der Waals surface area contributed by atoms with Crippen LogP contribution < -0.4 is 0 Å². The normalized spacial score (nSPS) is 12.0. The molecule has 0 N–H and O–H groups in total. The molecule has 0 aliphatic heterocycles. The number of hydrogen-bond acceptors (Lipinski definition) is 3. The molecule has 0 amide bonds. The van der Waals surface area contributed by atoms with E-state index in [4.69, 9.17) is 9.97 Å². The first-order valence-electron chi connectivity index (χ1n) is 13.5. The van der Waals surface area contributed by atoms with Crippen molar-refractivity contribution in [2.45, 2.75) is 0 Å². The molecule has 0 atom stereocenters. The Kier molecular flexibility index (Phi) is 4.33. The molecule has 3 heteroatoms. The van der Waals surface area contributed by atoms with Crippen molar-refractivity contribution < 1.29 is 0 Å². The van der Waals surface area contributed by atoms with Gasteiger partial charge in [-0.2, -0.15) is 0 Å². The summed E-state index contributed by atoms with van der Waals surface area (Å²) in [7, 11) is 0. The molecule has 0 fully saturated rings. The summed E-state index contributed by atoms with van der Waals surface area (Å²) in [5.41, 5.74) is 3.01. The minimum atomic E-state index is 0.677. The van der Waals surface area contributed by atoms with E-state index in [1.807, 2.05) is 24.5 Å². The number of hydrogen-bond donors (Lipinski definition) is 0. The highest BCUT2D eigenvalue weighted by Gasteiger charge is 2.16. The van der Waals surface area contributed by atoms with Crippen molar-refractivity contribution in [3.8, 4) is 22.5 Å². The molecule has 0 saturated heterocycles. The lowest BCUT2D eigenvalue weighted by Gasteiger charge is -2.17. The third-order valence-electron chi connectivity index (χ3n) is 8.33. The molecule has 2 heterocycles. The second-order valence-electron chi connectivity index (χ2n) is 10.5. The molecule has 0 unspecified atom stereocenters. The van der Waals surface area contributed by atoms with Gasteiger partial charge in [-0.3, -0.25) is 4.98 Å². The average Bonchev–Trinajstić information content (AvgIpc) is 3.03. The van der Waals surface area contributed by atoms with E-state index < -0.39 is 0 Å². The third kappa shape index (κ3) is 2.97. The highest BCUT2D eigenvalue weighted by molar-refractivity contribution is 6.37. The van der Waals surface area contributed by atoms with Crippen molar-refractivity contribution in [1.82, 2.24) is 15.0 Å². The van der Waals surface area contributed by atoms with Gasteiger partial charge >= 0.3 is 0 Å². The van der Waals surface area contributed by atoms with Crippen LogP contribution in [-0.4, -0.2) is 15.0 Å². The van der Waals surface area contributed by atoms with Crippen LogP contribution in [0.1, 0.15) is 0 Å². The van der Waals surface area contributed by atoms with Gasteiger partial charge in [-0.05, 0) is 94.5 Å². The maximum absolute atomic E-state index is 4.70. The lowest BCUT2D eigenvalue weighted by atomic mass is 9.87. The largest absolute Gasteiger partial charge is 0.264 e. The van der Waals surface area contributed by atoms with Crippen molar-refractivity contribution in [2.75, 3.05) is 0 Å². The lowest BCUT2D eigenvalue weighted by Crippen LogP contribution is -1.92. The lowest BCUT2D eigenvalue weighted by molar-refractivity contribution is 1.17. The first-order chi connectivity index (χ1) is 19.8. The van der Waals surface area contributed by atoms with Gasteiger partial charge in [-0.15, -0.1) is 0 Å². The molecule has 9 rings (SSSR count). The van der Waals surface area contributed by atoms with Crippen LogP contribution in [0.5, 0.6) is 0 Å². The van der Waals surface area contributed by atoms with E-state index in [2.05, 4.69) is 96.0 Å². The molecule has 0 radical (unpaired) electrons. The van der Waals surface area contributed by atoms with Crippen LogP contribution >= 0.6 is 0 Å². The van der Waals surface area contributed by atoms with E-state index in [1.54, 1.807) is 12.4 Å². The molecule has 0 spiro atoms. The smallest absolute Gasteiger partial charge is 0.160 e. The Labute approximate surface area is 229 Å². The van der Waals surface area contributed by atoms with Gasteiger partial charge in [-0.1, -0.05) is 78.9 Å². The van der Waals surface area contributed by atoms with Crippen LogP contribution in [0, 0.1) is 0 Å². The van der Waals surface area contributed by atoms with Crippen LogP contribution in [-0.2, 0) is 0 Å². The van der Waals surface area contributed by atoms with Gasteiger partial charge in [0, 0.05) is 35.9 Å². The number of aromatic nitrogens is 3. The van der Waals surface area contributed by atoms with E-state index >= 15 is 0 Å². The van der Waals surface area contributed by atoms with Gasteiger partial charge in [0.2, 0.25) is 0 Å². The minimum absolute atomic E-state index is 0.677. The second-order valence-corrected chi connectivity index (χ2v) is 10.5. The molecule has 40 heavy (non-hydrogen) atoms. The number of nitrogens with zero attached hydrogens (tertiary/aromatic N) is 3. The average molecular weight is 508 g/mol. The Morgan fingerprint density at radius 1 is 0.375 bits per heavy atom. The Hall–Kier alpha value is -5.41. The van der Waals surface area contributed by atoms with E-state index in [9.17, 15) is 0 Å². The van der Waals surface area contributed by atoms with Gasteiger partial charge in [0.25, 0.3) is 0 Å². The molecule has 184 valence electrons. The summed E-state index contributed by atoms with van der Waals surface area (Å²) in [5.74, 6) is 0.677. The Morgan fingerprint density at radius 3 is 1.50 bits per heavy atom. The SMILES string of the molecule is c1cncc(-c2ncc(-c3cc4ccc5cccc6c7cccc8ccc9cccc(c(c3)c4c56)c9c87)cn2)c1. The molecule has 0 aliphatic rings. The molecule has 0 aliphatic carbocycles. The van der Waals surface area contributed by atoms with Gasteiger partial charge in [0.1, 0.15) is 0 Å². The summed E-state index contributed by atoms with van der Waals surface area (Å²) in [6, 6.07) is 37.6.